The zero-order valence-corrected chi connectivity index (χ0v) is 18.8. The van der Waals surface area contributed by atoms with Crippen LogP contribution in [0.5, 0.6) is 11.5 Å². The Hall–Kier alpha value is -3.73. The van der Waals surface area contributed by atoms with Crippen molar-refractivity contribution >= 4 is 50.8 Å². The number of ether oxygens (including phenoxy) is 1. The van der Waals surface area contributed by atoms with Gasteiger partial charge >= 0.3 is 0 Å². The number of hydrogen-bond acceptors (Lipinski definition) is 6. The molecule has 0 aliphatic heterocycles. The Morgan fingerprint density at radius 1 is 1.03 bits per heavy atom. The summed E-state index contributed by atoms with van der Waals surface area (Å²) in [5.74, 6) is -0.270. The van der Waals surface area contributed by atoms with Crippen LogP contribution in [0.2, 0.25) is 0 Å². The number of benzene rings is 3. The van der Waals surface area contributed by atoms with Gasteiger partial charge in [-0.15, -0.1) is 0 Å². The molecule has 9 heteroatoms. The molecule has 0 atom stereocenters. The number of carbonyl (C=O) groups excluding carboxylic acids is 1. The molecule has 0 radical (unpaired) electrons. The molecule has 160 valence electrons. The fourth-order valence-corrected chi connectivity index (χ4v) is 3.39. The largest absolute Gasteiger partial charge is 0.457 e. The first-order chi connectivity index (χ1) is 15.3. The van der Waals surface area contributed by atoms with E-state index < -0.39 is 10.8 Å². The average molecular weight is 542 g/mol. The van der Waals surface area contributed by atoms with Gasteiger partial charge in [-0.2, -0.15) is 0 Å². The highest BCUT2D eigenvalue weighted by molar-refractivity contribution is 14.1. The van der Waals surface area contributed by atoms with Crippen LogP contribution in [0.4, 0.5) is 11.4 Å². The number of non-ortho nitro benzene ring substituents is 1. The summed E-state index contributed by atoms with van der Waals surface area (Å²) in [4.78, 5) is 35.9. The fraction of sp³-hybridized carbons (Fsp3) is 0.0435. The number of nitro benzene ring substituents is 1. The Morgan fingerprint density at radius 3 is 2.50 bits per heavy atom. The van der Waals surface area contributed by atoms with E-state index in [4.69, 9.17) is 9.15 Å². The predicted octanol–water partition coefficient (Wildman–Crippen LogP) is 5.66. The number of hydrogen-bond donors (Lipinski definition) is 1. The van der Waals surface area contributed by atoms with Crippen LogP contribution in [-0.2, 0) is 0 Å². The fourth-order valence-electron chi connectivity index (χ4n) is 3.03. The Labute approximate surface area is 195 Å². The highest BCUT2D eigenvalue weighted by atomic mass is 127. The highest BCUT2D eigenvalue weighted by Gasteiger charge is 2.17. The molecule has 0 unspecified atom stereocenters. The van der Waals surface area contributed by atoms with E-state index in [1.807, 2.05) is 19.1 Å². The maximum Gasteiger partial charge on any atom is 0.291 e. The molecular weight excluding hydrogens is 527 g/mol. The van der Waals surface area contributed by atoms with E-state index in [-0.39, 0.29) is 33.9 Å². The lowest BCUT2D eigenvalue weighted by Crippen LogP contribution is -2.15. The van der Waals surface area contributed by atoms with Crippen LogP contribution in [0.25, 0.3) is 11.0 Å². The monoisotopic (exact) mass is 542 g/mol. The van der Waals surface area contributed by atoms with Crippen molar-refractivity contribution in [1.29, 1.82) is 0 Å². The molecule has 4 aromatic rings. The number of nitrogens with zero attached hydrogens (tertiary/aromatic N) is 1. The van der Waals surface area contributed by atoms with Crippen LogP contribution in [0, 0.1) is 20.6 Å². The number of nitro groups is 1. The minimum Gasteiger partial charge on any atom is -0.457 e. The summed E-state index contributed by atoms with van der Waals surface area (Å²) in [6.45, 7) is 1.84. The van der Waals surface area contributed by atoms with E-state index >= 15 is 0 Å². The van der Waals surface area contributed by atoms with E-state index in [1.165, 1.54) is 18.2 Å². The van der Waals surface area contributed by atoms with Crippen LogP contribution in [-0.4, -0.2) is 10.8 Å². The van der Waals surface area contributed by atoms with Crippen molar-refractivity contribution in [2.24, 2.45) is 0 Å². The first-order valence-electron chi connectivity index (χ1n) is 9.37. The van der Waals surface area contributed by atoms with Crippen LogP contribution in [0.3, 0.4) is 0 Å². The maximum atomic E-state index is 12.7. The topological polar surface area (TPSA) is 112 Å². The number of fused-ring (bicyclic) bond motifs is 1. The Bertz CT molecular complexity index is 1410. The quantitative estimate of drug-likeness (QED) is 0.198. The third-order valence-electron chi connectivity index (χ3n) is 4.52. The molecule has 0 aliphatic carbocycles. The van der Waals surface area contributed by atoms with Gasteiger partial charge in [-0.3, -0.25) is 19.7 Å². The molecule has 0 saturated carbocycles. The number of anilines is 1. The predicted molar refractivity (Wildman–Crippen MR) is 128 cm³/mol. The van der Waals surface area contributed by atoms with Crippen LogP contribution >= 0.6 is 22.6 Å². The minimum atomic E-state index is -0.717. The number of amides is 1. The zero-order chi connectivity index (χ0) is 22.8. The third kappa shape index (κ3) is 4.78. The van der Waals surface area contributed by atoms with Gasteiger partial charge in [0.2, 0.25) is 0 Å². The van der Waals surface area contributed by atoms with E-state index in [1.54, 1.807) is 30.3 Å². The van der Waals surface area contributed by atoms with Crippen molar-refractivity contribution in [3.8, 4) is 11.5 Å². The van der Waals surface area contributed by atoms with Crippen molar-refractivity contribution in [1.82, 2.24) is 0 Å². The van der Waals surface area contributed by atoms with Crippen molar-refractivity contribution in [3.05, 3.63) is 102 Å². The van der Waals surface area contributed by atoms with Gasteiger partial charge in [-0.25, -0.2) is 0 Å². The van der Waals surface area contributed by atoms with Gasteiger partial charge in [0.25, 0.3) is 11.6 Å². The Balaban J connectivity index is 1.65. The molecule has 1 heterocycles. The SMILES string of the molecule is Cc1ccc2oc(C(=O)Nc3cc(Oc4ccc(I)cc4)cc([N+](=O)[O-])c3)cc(=O)c2c1. The molecule has 3 aromatic carbocycles. The third-order valence-corrected chi connectivity index (χ3v) is 5.23. The average Bonchev–Trinajstić information content (AvgIpc) is 2.75. The number of halogens is 1. The zero-order valence-electron chi connectivity index (χ0n) is 16.6. The summed E-state index contributed by atoms with van der Waals surface area (Å²) < 4.78 is 12.3. The lowest BCUT2D eigenvalue weighted by molar-refractivity contribution is -0.384. The van der Waals surface area contributed by atoms with Crippen molar-refractivity contribution in [3.63, 3.8) is 0 Å². The van der Waals surface area contributed by atoms with E-state index in [2.05, 4.69) is 27.9 Å². The number of aryl methyl sites for hydroxylation is 1. The first-order valence-corrected chi connectivity index (χ1v) is 10.5. The number of rotatable bonds is 5. The van der Waals surface area contributed by atoms with Gasteiger partial charge in [0, 0.05) is 21.8 Å². The van der Waals surface area contributed by atoms with E-state index in [9.17, 15) is 19.7 Å². The molecule has 4 rings (SSSR count). The smallest absolute Gasteiger partial charge is 0.291 e. The molecule has 1 aromatic heterocycles. The molecular formula is C23H15IN2O6. The summed E-state index contributed by atoms with van der Waals surface area (Å²) in [6.07, 6.45) is 0. The molecule has 1 N–H and O–H groups in total. The lowest BCUT2D eigenvalue weighted by Gasteiger charge is -2.10. The van der Waals surface area contributed by atoms with Gasteiger partial charge in [-0.05, 0) is 65.9 Å². The van der Waals surface area contributed by atoms with Crippen molar-refractivity contribution < 1.29 is 18.9 Å². The summed E-state index contributed by atoms with van der Waals surface area (Å²) in [5.41, 5.74) is 0.659. The molecule has 8 nitrogen and oxygen atoms in total. The number of carbonyl (C=O) groups is 1. The molecule has 32 heavy (non-hydrogen) atoms. The van der Waals surface area contributed by atoms with Crippen LogP contribution in [0.15, 0.2) is 75.9 Å². The van der Waals surface area contributed by atoms with Crippen molar-refractivity contribution in [2.45, 2.75) is 6.92 Å². The van der Waals surface area contributed by atoms with Gasteiger partial charge in [0.1, 0.15) is 17.1 Å². The molecule has 1 amide bonds. The maximum absolute atomic E-state index is 12.7. The second-order valence-electron chi connectivity index (χ2n) is 6.96. The standard InChI is InChI=1S/C23H15IN2O6/c1-13-2-7-21-19(8-13)20(27)12-22(32-21)23(28)25-15-9-16(26(29)30)11-18(10-15)31-17-5-3-14(24)4-6-17/h2-12H,1H3,(H,25,28). The van der Waals surface area contributed by atoms with E-state index in [0.717, 1.165) is 15.2 Å². The summed E-state index contributed by atoms with van der Waals surface area (Å²) in [5, 5.41) is 14.3. The second kappa shape index (κ2) is 8.79. The molecule has 0 aliphatic rings. The van der Waals surface area contributed by atoms with Gasteiger partial charge in [-0.1, -0.05) is 11.6 Å². The van der Waals surface area contributed by atoms with Gasteiger partial charge < -0.3 is 14.5 Å². The Morgan fingerprint density at radius 2 is 1.78 bits per heavy atom. The minimum absolute atomic E-state index is 0.122. The van der Waals surface area contributed by atoms with E-state index in [0.29, 0.717) is 11.1 Å². The first kappa shape index (κ1) is 21.5. The lowest BCUT2D eigenvalue weighted by atomic mass is 10.1. The molecule has 0 spiro atoms. The summed E-state index contributed by atoms with van der Waals surface area (Å²) >= 11 is 2.15. The second-order valence-corrected chi connectivity index (χ2v) is 8.20. The molecule has 0 fully saturated rings. The van der Waals surface area contributed by atoms with Crippen LogP contribution in [0.1, 0.15) is 16.1 Å². The van der Waals surface area contributed by atoms with Crippen LogP contribution < -0.4 is 15.5 Å². The van der Waals surface area contributed by atoms with Crippen molar-refractivity contribution in [2.75, 3.05) is 5.32 Å². The summed E-state index contributed by atoms with van der Waals surface area (Å²) in [7, 11) is 0. The highest BCUT2D eigenvalue weighted by Crippen LogP contribution is 2.30. The van der Waals surface area contributed by atoms with Gasteiger partial charge in [0.15, 0.2) is 11.2 Å². The van der Waals surface area contributed by atoms with Gasteiger partial charge in [0.05, 0.1) is 22.1 Å². The molecule has 0 bridgehead atoms. The molecule has 0 saturated heterocycles. The normalized spacial score (nSPS) is 10.7. The summed E-state index contributed by atoms with van der Waals surface area (Å²) in [6, 6.07) is 17.2. The number of nitrogens with one attached hydrogen (secondary N) is 1. The Kier molecular flexibility index (Phi) is 5.91.